The second kappa shape index (κ2) is 6.17. The van der Waals surface area contributed by atoms with Gasteiger partial charge < -0.3 is 15.5 Å². The van der Waals surface area contributed by atoms with E-state index >= 15 is 0 Å². The molecule has 0 aromatic rings. The zero-order chi connectivity index (χ0) is 12.1. The molecule has 3 heteroatoms. The molecule has 2 aliphatic rings. The third kappa shape index (κ3) is 3.94. The molecule has 17 heavy (non-hydrogen) atoms. The first-order chi connectivity index (χ1) is 8.22. The third-order valence-corrected chi connectivity index (χ3v) is 4.57. The number of nitrogens with one attached hydrogen (secondary N) is 2. The highest BCUT2D eigenvalue weighted by molar-refractivity contribution is 4.87. The van der Waals surface area contributed by atoms with Gasteiger partial charge in [0.25, 0.3) is 0 Å². The summed E-state index contributed by atoms with van der Waals surface area (Å²) in [6, 6.07) is 0. The summed E-state index contributed by atoms with van der Waals surface area (Å²) in [5, 5.41) is 6.77. The number of rotatable bonds is 5. The largest absolute Gasteiger partial charge is 0.320 e. The lowest BCUT2D eigenvalue weighted by atomic mass is 9.87. The molecular weight excluding hydrogens is 210 g/mol. The van der Waals surface area contributed by atoms with Crippen molar-refractivity contribution in [2.24, 2.45) is 11.3 Å². The van der Waals surface area contributed by atoms with Gasteiger partial charge in [0, 0.05) is 13.1 Å². The number of nitrogens with zero attached hydrogens (tertiary/aromatic N) is 1. The zero-order valence-electron chi connectivity index (χ0n) is 11.6. The predicted octanol–water partition coefficient (Wildman–Crippen LogP) is 1.31. The van der Waals surface area contributed by atoms with E-state index in [2.05, 4.69) is 29.5 Å². The summed E-state index contributed by atoms with van der Waals surface area (Å²) in [4.78, 5) is 2.70. The lowest BCUT2D eigenvalue weighted by Gasteiger charge is -2.37. The van der Waals surface area contributed by atoms with Gasteiger partial charge in [-0.2, -0.15) is 0 Å². The lowest BCUT2D eigenvalue weighted by Crippen LogP contribution is -2.42. The van der Waals surface area contributed by atoms with Crippen LogP contribution in [0.5, 0.6) is 0 Å². The van der Waals surface area contributed by atoms with Crippen molar-refractivity contribution in [1.82, 2.24) is 15.5 Å². The Balaban J connectivity index is 1.68. The first-order valence-corrected chi connectivity index (χ1v) is 7.29. The molecule has 0 aliphatic carbocycles. The van der Waals surface area contributed by atoms with Gasteiger partial charge in [-0.05, 0) is 70.2 Å². The van der Waals surface area contributed by atoms with Crippen LogP contribution in [0.2, 0.25) is 0 Å². The van der Waals surface area contributed by atoms with Gasteiger partial charge in [-0.3, -0.25) is 0 Å². The second-order valence-corrected chi connectivity index (χ2v) is 6.35. The SMILES string of the molecule is CNCCC1CCN(CC2(C)CCNC2)CC1. The summed E-state index contributed by atoms with van der Waals surface area (Å²) in [5.74, 6) is 0.966. The molecule has 2 aliphatic heterocycles. The molecule has 1 atom stereocenters. The molecule has 0 bridgehead atoms. The molecule has 3 nitrogen and oxygen atoms in total. The lowest BCUT2D eigenvalue weighted by molar-refractivity contribution is 0.126. The summed E-state index contributed by atoms with van der Waals surface area (Å²) in [5.41, 5.74) is 0.539. The highest BCUT2D eigenvalue weighted by Gasteiger charge is 2.31. The van der Waals surface area contributed by atoms with Crippen LogP contribution in [-0.4, -0.2) is 51.2 Å². The highest BCUT2D eigenvalue weighted by atomic mass is 15.1. The Labute approximate surface area is 106 Å². The fourth-order valence-corrected chi connectivity index (χ4v) is 3.33. The van der Waals surface area contributed by atoms with Crippen molar-refractivity contribution in [3.05, 3.63) is 0 Å². The number of hydrogen-bond donors (Lipinski definition) is 2. The highest BCUT2D eigenvalue weighted by Crippen LogP contribution is 2.28. The van der Waals surface area contributed by atoms with E-state index in [-0.39, 0.29) is 0 Å². The van der Waals surface area contributed by atoms with E-state index in [4.69, 9.17) is 0 Å². The molecule has 2 fully saturated rings. The maximum absolute atomic E-state index is 3.50. The number of likely N-dealkylation sites (tertiary alicyclic amines) is 1. The minimum atomic E-state index is 0.539. The first-order valence-electron chi connectivity index (χ1n) is 7.29. The normalized spacial score (nSPS) is 32.1. The summed E-state index contributed by atoms with van der Waals surface area (Å²) >= 11 is 0. The molecule has 0 radical (unpaired) electrons. The minimum absolute atomic E-state index is 0.539. The van der Waals surface area contributed by atoms with E-state index in [0.29, 0.717) is 5.41 Å². The van der Waals surface area contributed by atoms with Gasteiger partial charge in [0.1, 0.15) is 0 Å². The van der Waals surface area contributed by atoms with Crippen LogP contribution in [0.15, 0.2) is 0 Å². The summed E-state index contributed by atoms with van der Waals surface area (Å²) in [6.07, 6.45) is 5.53. The van der Waals surface area contributed by atoms with E-state index in [9.17, 15) is 0 Å². The summed E-state index contributed by atoms with van der Waals surface area (Å²) < 4.78 is 0. The molecule has 1 unspecified atom stereocenters. The van der Waals surface area contributed by atoms with Gasteiger partial charge in [0.2, 0.25) is 0 Å². The number of hydrogen-bond acceptors (Lipinski definition) is 3. The molecule has 0 spiro atoms. The van der Waals surface area contributed by atoms with Crippen molar-refractivity contribution < 1.29 is 0 Å². The van der Waals surface area contributed by atoms with Gasteiger partial charge in [-0.15, -0.1) is 0 Å². The molecule has 2 rings (SSSR count). The van der Waals surface area contributed by atoms with E-state index in [1.165, 1.54) is 65.0 Å². The van der Waals surface area contributed by atoms with Crippen molar-refractivity contribution in [3.63, 3.8) is 0 Å². The van der Waals surface area contributed by atoms with Gasteiger partial charge in [-0.25, -0.2) is 0 Å². The van der Waals surface area contributed by atoms with Crippen LogP contribution in [0, 0.1) is 11.3 Å². The summed E-state index contributed by atoms with van der Waals surface area (Å²) in [7, 11) is 2.06. The average molecular weight is 239 g/mol. The van der Waals surface area contributed by atoms with Crippen molar-refractivity contribution in [2.45, 2.75) is 32.6 Å². The summed E-state index contributed by atoms with van der Waals surface area (Å²) in [6.45, 7) is 10.0. The van der Waals surface area contributed by atoms with Crippen LogP contribution in [0.3, 0.4) is 0 Å². The van der Waals surface area contributed by atoms with Crippen LogP contribution in [0.1, 0.15) is 32.6 Å². The molecule has 0 saturated carbocycles. The molecule has 0 amide bonds. The average Bonchev–Trinajstić information content (AvgIpc) is 2.75. The molecule has 100 valence electrons. The van der Waals surface area contributed by atoms with Crippen molar-refractivity contribution in [1.29, 1.82) is 0 Å². The topological polar surface area (TPSA) is 27.3 Å². The van der Waals surface area contributed by atoms with Crippen LogP contribution in [0.25, 0.3) is 0 Å². The van der Waals surface area contributed by atoms with Crippen molar-refractivity contribution >= 4 is 0 Å². The molecular formula is C14H29N3. The van der Waals surface area contributed by atoms with Crippen molar-refractivity contribution in [2.75, 3.05) is 46.3 Å². The molecule has 2 saturated heterocycles. The van der Waals surface area contributed by atoms with Gasteiger partial charge in [0.15, 0.2) is 0 Å². The van der Waals surface area contributed by atoms with Crippen LogP contribution in [0.4, 0.5) is 0 Å². The Morgan fingerprint density at radius 2 is 2.12 bits per heavy atom. The van der Waals surface area contributed by atoms with E-state index in [1.54, 1.807) is 0 Å². The standard InChI is InChI=1S/C14H29N3/c1-14(6-8-16-11-14)12-17-9-4-13(5-10-17)3-7-15-2/h13,15-16H,3-12H2,1-2H3. The maximum atomic E-state index is 3.50. The predicted molar refractivity (Wildman–Crippen MR) is 73.3 cm³/mol. The van der Waals surface area contributed by atoms with Crippen molar-refractivity contribution in [3.8, 4) is 0 Å². The fourth-order valence-electron chi connectivity index (χ4n) is 3.33. The van der Waals surface area contributed by atoms with Crippen LogP contribution >= 0.6 is 0 Å². The van der Waals surface area contributed by atoms with Crippen LogP contribution in [-0.2, 0) is 0 Å². The van der Waals surface area contributed by atoms with E-state index < -0.39 is 0 Å². The quantitative estimate of drug-likeness (QED) is 0.757. The smallest absolute Gasteiger partial charge is 0.00480 e. The maximum Gasteiger partial charge on any atom is 0.00480 e. The Morgan fingerprint density at radius 3 is 2.71 bits per heavy atom. The molecule has 2 N–H and O–H groups in total. The molecule has 0 aromatic heterocycles. The second-order valence-electron chi connectivity index (χ2n) is 6.35. The Bertz CT molecular complexity index is 216. The van der Waals surface area contributed by atoms with E-state index in [1.807, 2.05) is 0 Å². The van der Waals surface area contributed by atoms with Gasteiger partial charge in [-0.1, -0.05) is 6.92 Å². The fraction of sp³-hybridized carbons (Fsp3) is 1.00. The molecule has 0 aromatic carbocycles. The zero-order valence-corrected chi connectivity index (χ0v) is 11.6. The monoisotopic (exact) mass is 239 g/mol. The van der Waals surface area contributed by atoms with E-state index in [0.717, 1.165) is 5.92 Å². The number of piperidine rings is 1. The van der Waals surface area contributed by atoms with Gasteiger partial charge in [0.05, 0.1) is 0 Å². The Morgan fingerprint density at radius 1 is 1.35 bits per heavy atom. The molecule has 2 heterocycles. The third-order valence-electron chi connectivity index (χ3n) is 4.57. The first kappa shape index (κ1) is 13.3. The Hall–Kier alpha value is -0.120. The minimum Gasteiger partial charge on any atom is -0.320 e. The van der Waals surface area contributed by atoms with Gasteiger partial charge >= 0.3 is 0 Å². The van der Waals surface area contributed by atoms with Crippen LogP contribution < -0.4 is 10.6 Å². The Kier molecular flexibility index (Phi) is 4.83.